The SMILES string of the molecule is COc1cccc(C(C)(CC(=O)O)NC(=O)c2cscn2)c1. The van der Waals surface area contributed by atoms with Crippen LogP contribution in [0, 0.1) is 0 Å². The van der Waals surface area contributed by atoms with Crippen molar-refractivity contribution in [1.29, 1.82) is 0 Å². The summed E-state index contributed by atoms with van der Waals surface area (Å²) in [4.78, 5) is 27.4. The molecule has 0 spiro atoms. The van der Waals surface area contributed by atoms with E-state index in [1.807, 2.05) is 0 Å². The molecule has 1 unspecified atom stereocenters. The number of thiazole rings is 1. The number of methoxy groups -OCH3 is 1. The molecule has 2 rings (SSSR count). The highest BCUT2D eigenvalue weighted by molar-refractivity contribution is 7.07. The van der Waals surface area contributed by atoms with Crippen LogP contribution in [0.3, 0.4) is 0 Å². The molecule has 1 aromatic heterocycles. The van der Waals surface area contributed by atoms with Crippen LogP contribution >= 0.6 is 11.3 Å². The molecule has 7 heteroatoms. The van der Waals surface area contributed by atoms with E-state index in [0.717, 1.165) is 0 Å². The molecule has 22 heavy (non-hydrogen) atoms. The average molecular weight is 320 g/mol. The first kappa shape index (κ1) is 16.0. The third-order valence-electron chi connectivity index (χ3n) is 3.27. The molecule has 0 aliphatic rings. The minimum absolute atomic E-state index is 0.254. The van der Waals surface area contributed by atoms with Gasteiger partial charge in [-0.3, -0.25) is 9.59 Å². The van der Waals surface area contributed by atoms with E-state index in [0.29, 0.717) is 11.3 Å². The summed E-state index contributed by atoms with van der Waals surface area (Å²) in [5, 5.41) is 13.6. The molecule has 1 aromatic carbocycles. The van der Waals surface area contributed by atoms with Gasteiger partial charge in [-0.05, 0) is 24.6 Å². The Kier molecular flexibility index (Phi) is 4.77. The van der Waals surface area contributed by atoms with Crippen molar-refractivity contribution in [3.8, 4) is 5.75 Å². The number of nitrogens with one attached hydrogen (secondary N) is 1. The second kappa shape index (κ2) is 6.57. The summed E-state index contributed by atoms with van der Waals surface area (Å²) in [6, 6.07) is 6.98. The number of carbonyl (C=O) groups is 2. The van der Waals surface area contributed by atoms with Crippen LogP contribution in [0.5, 0.6) is 5.75 Å². The van der Waals surface area contributed by atoms with Crippen molar-refractivity contribution >= 4 is 23.2 Å². The normalized spacial score (nSPS) is 13.2. The second-order valence-electron chi connectivity index (χ2n) is 4.96. The average Bonchev–Trinajstić information content (AvgIpc) is 3.00. The first-order valence-corrected chi connectivity index (χ1v) is 7.46. The number of carbonyl (C=O) groups excluding carboxylic acids is 1. The van der Waals surface area contributed by atoms with Crippen LogP contribution in [0.25, 0.3) is 0 Å². The summed E-state index contributed by atoms with van der Waals surface area (Å²) in [6.07, 6.45) is -0.254. The Morgan fingerprint density at radius 1 is 1.45 bits per heavy atom. The van der Waals surface area contributed by atoms with Crippen LogP contribution in [-0.4, -0.2) is 29.1 Å². The van der Waals surface area contributed by atoms with Crippen LogP contribution in [0.1, 0.15) is 29.4 Å². The van der Waals surface area contributed by atoms with Crippen molar-refractivity contribution in [3.63, 3.8) is 0 Å². The van der Waals surface area contributed by atoms with Gasteiger partial charge in [-0.15, -0.1) is 11.3 Å². The van der Waals surface area contributed by atoms with Crippen molar-refractivity contribution in [3.05, 3.63) is 46.4 Å². The summed E-state index contributed by atoms with van der Waals surface area (Å²) in [7, 11) is 1.53. The summed E-state index contributed by atoms with van der Waals surface area (Å²) < 4.78 is 5.16. The van der Waals surface area contributed by atoms with E-state index in [1.54, 1.807) is 42.1 Å². The van der Waals surface area contributed by atoms with Gasteiger partial charge >= 0.3 is 5.97 Å². The standard InChI is InChI=1S/C15H16N2O4S/c1-15(7-13(18)19,10-4-3-5-11(6-10)21-2)17-14(20)12-8-22-9-16-12/h3-6,8-9H,7H2,1-2H3,(H,17,20)(H,18,19). The maximum atomic E-state index is 12.2. The van der Waals surface area contributed by atoms with Gasteiger partial charge in [0.25, 0.3) is 5.91 Å². The Balaban J connectivity index is 2.34. The predicted octanol–water partition coefficient (Wildman–Crippen LogP) is 2.27. The Morgan fingerprint density at radius 2 is 2.23 bits per heavy atom. The zero-order valence-electron chi connectivity index (χ0n) is 12.2. The number of ether oxygens (including phenoxy) is 1. The molecule has 2 aromatic rings. The van der Waals surface area contributed by atoms with Gasteiger partial charge in [-0.25, -0.2) is 4.98 Å². The minimum atomic E-state index is -1.07. The lowest BCUT2D eigenvalue weighted by atomic mass is 9.88. The number of carboxylic acids is 1. The van der Waals surface area contributed by atoms with Crippen molar-refractivity contribution < 1.29 is 19.4 Å². The molecule has 0 aliphatic carbocycles. The van der Waals surface area contributed by atoms with Gasteiger partial charge in [0.15, 0.2) is 0 Å². The molecule has 1 atom stereocenters. The summed E-state index contributed by atoms with van der Waals surface area (Å²) >= 11 is 1.30. The molecule has 0 aliphatic heterocycles. The highest BCUT2D eigenvalue weighted by atomic mass is 32.1. The van der Waals surface area contributed by atoms with Gasteiger partial charge in [0.1, 0.15) is 11.4 Å². The van der Waals surface area contributed by atoms with Crippen LogP contribution in [-0.2, 0) is 10.3 Å². The summed E-state index contributed by atoms with van der Waals surface area (Å²) in [5.41, 5.74) is 1.40. The quantitative estimate of drug-likeness (QED) is 0.852. The molecule has 0 fully saturated rings. The molecule has 6 nitrogen and oxygen atoms in total. The van der Waals surface area contributed by atoms with E-state index in [9.17, 15) is 14.7 Å². The lowest BCUT2D eigenvalue weighted by Crippen LogP contribution is -2.45. The molecule has 0 bridgehead atoms. The van der Waals surface area contributed by atoms with E-state index in [2.05, 4.69) is 10.3 Å². The minimum Gasteiger partial charge on any atom is -0.497 e. The fraction of sp³-hybridized carbons (Fsp3) is 0.267. The molecule has 1 heterocycles. The smallest absolute Gasteiger partial charge is 0.306 e. The topological polar surface area (TPSA) is 88.5 Å². The van der Waals surface area contributed by atoms with Gasteiger partial charge in [0.05, 0.1) is 24.6 Å². The Labute approximate surface area is 131 Å². The Morgan fingerprint density at radius 3 is 2.82 bits per heavy atom. The van der Waals surface area contributed by atoms with Gasteiger partial charge in [-0.2, -0.15) is 0 Å². The van der Waals surface area contributed by atoms with Crippen LogP contribution in [0.2, 0.25) is 0 Å². The van der Waals surface area contributed by atoms with Crippen LogP contribution < -0.4 is 10.1 Å². The molecule has 2 N–H and O–H groups in total. The zero-order valence-corrected chi connectivity index (χ0v) is 13.0. The summed E-state index contributed by atoms with van der Waals surface area (Å²) in [6.45, 7) is 1.67. The number of benzene rings is 1. The first-order chi connectivity index (χ1) is 10.4. The maximum Gasteiger partial charge on any atom is 0.306 e. The van der Waals surface area contributed by atoms with E-state index in [-0.39, 0.29) is 12.1 Å². The monoisotopic (exact) mass is 320 g/mol. The van der Waals surface area contributed by atoms with E-state index >= 15 is 0 Å². The van der Waals surface area contributed by atoms with Crippen LogP contribution in [0.15, 0.2) is 35.2 Å². The third-order valence-corrected chi connectivity index (χ3v) is 3.85. The number of amides is 1. The zero-order chi connectivity index (χ0) is 16.2. The summed E-state index contributed by atoms with van der Waals surface area (Å²) in [5.74, 6) is -0.825. The van der Waals surface area contributed by atoms with Crippen molar-refractivity contribution in [2.75, 3.05) is 7.11 Å². The van der Waals surface area contributed by atoms with Gasteiger partial charge in [-0.1, -0.05) is 12.1 Å². The Bertz CT molecular complexity index is 672. The number of hydrogen-bond acceptors (Lipinski definition) is 5. The highest BCUT2D eigenvalue weighted by Crippen LogP contribution is 2.28. The molecule has 116 valence electrons. The highest BCUT2D eigenvalue weighted by Gasteiger charge is 2.32. The number of nitrogens with zero attached hydrogens (tertiary/aromatic N) is 1. The second-order valence-corrected chi connectivity index (χ2v) is 5.68. The third kappa shape index (κ3) is 3.62. The van der Waals surface area contributed by atoms with Crippen molar-refractivity contribution in [2.24, 2.45) is 0 Å². The van der Waals surface area contributed by atoms with Gasteiger partial charge in [0.2, 0.25) is 0 Å². The van der Waals surface area contributed by atoms with Gasteiger partial charge < -0.3 is 15.2 Å². The molecule has 0 saturated heterocycles. The predicted molar refractivity (Wildman–Crippen MR) is 82.2 cm³/mol. The Hall–Kier alpha value is -2.41. The van der Waals surface area contributed by atoms with Gasteiger partial charge in [0, 0.05) is 5.38 Å². The van der Waals surface area contributed by atoms with Crippen molar-refractivity contribution in [2.45, 2.75) is 18.9 Å². The van der Waals surface area contributed by atoms with Crippen molar-refractivity contribution in [1.82, 2.24) is 10.3 Å². The first-order valence-electron chi connectivity index (χ1n) is 6.51. The number of rotatable bonds is 6. The molecule has 1 amide bonds. The molecule has 0 radical (unpaired) electrons. The molecular formula is C15H16N2O4S. The lowest BCUT2D eigenvalue weighted by molar-refractivity contribution is -0.138. The van der Waals surface area contributed by atoms with E-state index < -0.39 is 17.4 Å². The largest absolute Gasteiger partial charge is 0.497 e. The fourth-order valence-corrected chi connectivity index (χ4v) is 2.66. The van der Waals surface area contributed by atoms with E-state index in [1.165, 1.54) is 18.4 Å². The van der Waals surface area contributed by atoms with Crippen LogP contribution in [0.4, 0.5) is 0 Å². The fourth-order valence-electron chi connectivity index (χ4n) is 2.13. The number of aliphatic carboxylic acids is 1. The maximum absolute atomic E-state index is 12.2. The molecule has 0 saturated carbocycles. The number of aromatic nitrogens is 1. The number of carboxylic acid groups (broad SMARTS) is 1. The number of hydrogen-bond donors (Lipinski definition) is 2. The molecular weight excluding hydrogens is 304 g/mol. The lowest BCUT2D eigenvalue weighted by Gasteiger charge is -2.30. The van der Waals surface area contributed by atoms with E-state index in [4.69, 9.17) is 4.74 Å².